The highest BCUT2D eigenvalue weighted by atomic mass is 32.2. The zero-order chi connectivity index (χ0) is 21.2. The topological polar surface area (TPSA) is 69.0 Å². The van der Waals surface area contributed by atoms with Gasteiger partial charge >= 0.3 is 0 Å². The van der Waals surface area contributed by atoms with Gasteiger partial charge < -0.3 is 0 Å². The molecule has 0 radical (unpaired) electrons. The molecule has 2 aliphatic carbocycles. The summed E-state index contributed by atoms with van der Waals surface area (Å²) in [5.41, 5.74) is 6.67. The fourth-order valence-electron chi connectivity index (χ4n) is 5.00. The fraction of sp³-hybridized carbons (Fsp3) is 0.333. The van der Waals surface area contributed by atoms with Crippen molar-refractivity contribution in [3.63, 3.8) is 0 Å². The molecule has 2 aromatic carbocycles. The van der Waals surface area contributed by atoms with E-state index in [-0.39, 0.29) is 10.7 Å². The summed E-state index contributed by atoms with van der Waals surface area (Å²) in [4.78, 5) is 12.5. The van der Waals surface area contributed by atoms with Gasteiger partial charge in [-0.15, -0.1) is 0 Å². The molecule has 0 N–H and O–H groups in total. The Kier molecular flexibility index (Phi) is 4.26. The SMILES string of the molecule is CCc1nn(S(=O)(=O)c2ccc(C)cc2)c2ccc3c(c12)CC1CCC(=O)C(C)=C31. The second-order valence-electron chi connectivity index (χ2n) is 8.35. The maximum atomic E-state index is 13.4. The molecule has 5 nitrogen and oxygen atoms in total. The third kappa shape index (κ3) is 2.63. The molecule has 0 amide bonds. The number of Topliss-reactive ketones (excluding diaryl/α,β-unsaturated/α-hetero) is 1. The predicted molar refractivity (Wildman–Crippen MR) is 117 cm³/mol. The smallest absolute Gasteiger partial charge is 0.283 e. The summed E-state index contributed by atoms with van der Waals surface area (Å²) >= 11 is 0. The molecule has 1 heterocycles. The maximum absolute atomic E-state index is 13.4. The van der Waals surface area contributed by atoms with Crippen molar-refractivity contribution in [2.45, 2.75) is 51.3 Å². The van der Waals surface area contributed by atoms with Crippen molar-refractivity contribution in [3.8, 4) is 0 Å². The average Bonchev–Trinajstić information content (AvgIpc) is 3.30. The van der Waals surface area contributed by atoms with Gasteiger partial charge in [-0.1, -0.05) is 30.7 Å². The van der Waals surface area contributed by atoms with Crippen LogP contribution in [-0.4, -0.2) is 23.4 Å². The third-order valence-corrected chi connectivity index (χ3v) is 8.17. The van der Waals surface area contributed by atoms with E-state index >= 15 is 0 Å². The predicted octanol–water partition coefficient (Wildman–Crippen LogP) is 4.45. The highest BCUT2D eigenvalue weighted by Gasteiger charge is 2.36. The van der Waals surface area contributed by atoms with Gasteiger partial charge in [-0.2, -0.15) is 17.6 Å². The van der Waals surface area contributed by atoms with Gasteiger partial charge in [0.15, 0.2) is 5.78 Å². The number of allylic oxidation sites excluding steroid dienone is 2. The Hall–Kier alpha value is -2.73. The molecule has 1 atom stereocenters. The van der Waals surface area contributed by atoms with E-state index in [1.54, 1.807) is 24.3 Å². The van der Waals surface area contributed by atoms with Crippen LogP contribution in [0.25, 0.3) is 16.5 Å². The van der Waals surface area contributed by atoms with Gasteiger partial charge in [0.05, 0.1) is 16.1 Å². The van der Waals surface area contributed by atoms with Crippen molar-refractivity contribution >= 4 is 32.3 Å². The molecule has 0 bridgehead atoms. The molecule has 1 unspecified atom stereocenters. The van der Waals surface area contributed by atoms with Crippen molar-refractivity contribution in [2.24, 2.45) is 5.92 Å². The molecule has 5 rings (SSSR count). The second-order valence-corrected chi connectivity index (χ2v) is 10.1. The van der Waals surface area contributed by atoms with Gasteiger partial charge in [-0.3, -0.25) is 4.79 Å². The van der Waals surface area contributed by atoms with Crippen molar-refractivity contribution in [1.29, 1.82) is 0 Å². The fourth-order valence-corrected chi connectivity index (χ4v) is 6.30. The minimum absolute atomic E-state index is 0.225. The molecular formula is C24H24N2O3S. The van der Waals surface area contributed by atoms with E-state index in [0.29, 0.717) is 24.3 Å². The highest BCUT2D eigenvalue weighted by Crippen LogP contribution is 2.47. The Morgan fingerprint density at radius 2 is 1.83 bits per heavy atom. The summed E-state index contributed by atoms with van der Waals surface area (Å²) in [6.45, 7) is 5.86. The van der Waals surface area contributed by atoms with Crippen LogP contribution in [0.3, 0.4) is 0 Å². The number of hydrogen-bond acceptors (Lipinski definition) is 4. The van der Waals surface area contributed by atoms with Gasteiger partial charge in [0.1, 0.15) is 0 Å². The summed E-state index contributed by atoms with van der Waals surface area (Å²) in [5, 5.41) is 5.49. The summed E-state index contributed by atoms with van der Waals surface area (Å²) in [7, 11) is -3.79. The van der Waals surface area contributed by atoms with Gasteiger partial charge in [-0.25, -0.2) is 0 Å². The lowest BCUT2D eigenvalue weighted by atomic mass is 9.83. The number of aromatic nitrogens is 2. The number of benzene rings is 2. The number of carbonyl (C=O) groups excluding carboxylic acids is 1. The third-order valence-electron chi connectivity index (χ3n) is 6.57. The zero-order valence-electron chi connectivity index (χ0n) is 17.4. The number of aryl methyl sites for hydroxylation is 2. The second kappa shape index (κ2) is 6.64. The maximum Gasteiger partial charge on any atom is 0.283 e. The van der Waals surface area contributed by atoms with Gasteiger partial charge in [0.2, 0.25) is 0 Å². The highest BCUT2D eigenvalue weighted by molar-refractivity contribution is 7.90. The number of rotatable bonds is 3. The molecule has 0 fully saturated rings. The quantitative estimate of drug-likeness (QED) is 0.628. The Morgan fingerprint density at radius 3 is 2.53 bits per heavy atom. The van der Waals surface area contributed by atoms with Crippen LogP contribution in [0.4, 0.5) is 0 Å². The first-order valence-corrected chi connectivity index (χ1v) is 11.9. The Morgan fingerprint density at radius 1 is 1.10 bits per heavy atom. The van der Waals surface area contributed by atoms with Crippen LogP contribution in [0.1, 0.15) is 49.1 Å². The van der Waals surface area contributed by atoms with Crippen LogP contribution >= 0.6 is 0 Å². The van der Waals surface area contributed by atoms with E-state index in [2.05, 4.69) is 5.10 Å². The minimum Gasteiger partial charge on any atom is -0.295 e. The molecular weight excluding hydrogens is 396 g/mol. The van der Waals surface area contributed by atoms with Crippen LogP contribution in [0, 0.1) is 12.8 Å². The minimum atomic E-state index is -3.79. The lowest BCUT2D eigenvalue weighted by molar-refractivity contribution is -0.116. The summed E-state index contributed by atoms with van der Waals surface area (Å²) in [5.74, 6) is 0.563. The molecule has 1 aromatic heterocycles. The molecule has 0 spiro atoms. The van der Waals surface area contributed by atoms with E-state index in [1.165, 1.54) is 4.09 Å². The van der Waals surface area contributed by atoms with Crippen LogP contribution in [0.2, 0.25) is 0 Å². The molecule has 3 aromatic rings. The first kappa shape index (κ1) is 19.2. The van der Waals surface area contributed by atoms with E-state index in [1.807, 2.05) is 32.9 Å². The van der Waals surface area contributed by atoms with Gasteiger partial charge in [0.25, 0.3) is 10.0 Å². The van der Waals surface area contributed by atoms with E-state index in [4.69, 9.17) is 0 Å². The summed E-state index contributed by atoms with van der Waals surface area (Å²) in [6.07, 6.45) is 2.94. The number of nitrogens with zero attached hydrogens (tertiary/aromatic N) is 2. The molecule has 6 heteroatoms. The largest absolute Gasteiger partial charge is 0.295 e. The summed E-state index contributed by atoms with van der Waals surface area (Å²) in [6, 6.07) is 10.7. The normalized spacial score (nSPS) is 18.8. The van der Waals surface area contributed by atoms with E-state index in [0.717, 1.165) is 51.8 Å². The molecule has 0 aliphatic heterocycles. The number of ketones is 1. The van der Waals surface area contributed by atoms with Crippen LogP contribution < -0.4 is 0 Å². The summed E-state index contributed by atoms with van der Waals surface area (Å²) < 4.78 is 28.0. The van der Waals surface area contributed by atoms with E-state index < -0.39 is 10.0 Å². The standard InChI is InChI=1S/C24H24N2O3S/c1-4-20-24-19-13-16-7-12-22(27)15(3)23(16)18(19)10-11-21(24)26(25-20)30(28,29)17-8-5-14(2)6-9-17/h5-6,8-11,16H,4,7,12-13H2,1-3H3. The van der Waals surface area contributed by atoms with Crippen LogP contribution in [-0.2, 0) is 27.7 Å². The van der Waals surface area contributed by atoms with Crippen molar-refractivity contribution in [1.82, 2.24) is 9.19 Å². The molecule has 0 saturated carbocycles. The molecule has 2 aliphatic rings. The molecule has 0 saturated heterocycles. The monoisotopic (exact) mass is 420 g/mol. The molecule has 30 heavy (non-hydrogen) atoms. The molecule has 154 valence electrons. The van der Waals surface area contributed by atoms with Crippen molar-refractivity contribution < 1.29 is 13.2 Å². The number of carbonyl (C=O) groups is 1. The average molecular weight is 421 g/mol. The van der Waals surface area contributed by atoms with Gasteiger partial charge in [0, 0.05) is 11.8 Å². The number of fused-ring (bicyclic) bond motifs is 5. The Bertz CT molecular complexity index is 1350. The van der Waals surface area contributed by atoms with Crippen molar-refractivity contribution in [2.75, 3.05) is 0 Å². The number of hydrogen-bond donors (Lipinski definition) is 0. The lowest BCUT2D eigenvalue weighted by Crippen LogP contribution is -2.15. The van der Waals surface area contributed by atoms with Crippen LogP contribution in [0.15, 0.2) is 46.9 Å². The van der Waals surface area contributed by atoms with Crippen molar-refractivity contribution in [3.05, 3.63) is 64.4 Å². The Labute approximate surface area is 176 Å². The lowest BCUT2D eigenvalue weighted by Gasteiger charge is -2.20. The van der Waals surface area contributed by atoms with Gasteiger partial charge in [-0.05, 0) is 79.5 Å². The first-order valence-electron chi connectivity index (χ1n) is 10.4. The zero-order valence-corrected chi connectivity index (χ0v) is 18.2. The Balaban J connectivity index is 1.76. The van der Waals surface area contributed by atoms with Crippen LogP contribution in [0.5, 0.6) is 0 Å². The first-order chi connectivity index (χ1) is 14.3. The van der Waals surface area contributed by atoms with E-state index in [9.17, 15) is 13.2 Å².